The molecule has 0 saturated carbocycles. The van der Waals surface area contributed by atoms with E-state index in [1.165, 1.54) is 12.1 Å². The summed E-state index contributed by atoms with van der Waals surface area (Å²) in [5, 5.41) is 0. The van der Waals surface area contributed by atoms with E-state index in [1.54, 1.807) is 7.11 Å². The van der Waals surface area contributed by atoms with Crippen molar-refractivity contribution in [2.24, 2.45) is 0 Å². The topological polar surface area (TPSA) is 35.9 Å². The molecule has 0 aliphatic carbocycles. The number of hydrogen-bond acceptors (Lipinski definition) is 4. The minimum atomic E-state index is 0.630. The smallest absolute Gasteiger partial charge is 0.161 e. The highest BCUT2D eigenvalue weighted by Gasteiger charge is 2.10. The third-order valence-electron chi connectivity index (χ3n) is 4.59. The number of hydrogen-bond donors (Lipinski definition) is 0. The quantitative estimate of drug-likeness (QED) is 0.701. The highest BCUT2D eigenvalue weighted by molar-refractivity contribution is 5.39. The van der Waals surface area contributed by atoms with Gasteiger partial charge in [-0.15, -0.1) is 0 Å². The van der Waals surface area contributed by atoms with Gasteiger partial charge in [-0.25, -0.2) is 0 Å². The number of morpholine rings is 1. The summed E-state index contributed by atoms with van der Waals surface area (Å²) in [5.41, 5.74) is 1.37. The third kappa shape index (κ3) is 5.25. The van der Waals surface area contributed by atoms with Crippen molar-refractivity contribution in [1.82, 2.24) is 9.47 Å². The standard InChI is InChI=1S/C20H28N2O3/c1-23-19-8-2-3-9-20(19)25-17-14-22-11-5-7-18(22)6-4-10-21-12-15-24-16-13-21/h2-3,5,7-9,11H,4,6,10,12-17H2,1H3. The molecule has 0 bridgehead atoms. The molecule has 1 saturated heterocycles. The minimum absolute atomic E-state index is 0.630. The highest BCUT2D eigenvalue weighted by atomic mass is 16.5. The SMILES string of the molecule is COc1ccccc1OCCn1cccc1CCCN1CCOCC1. The van der Waals surface area contributed by atoms with Crippen molar-refractivity contribution in [3.63, 3.8) is 0 Å². The van der Waals surface area contributed by atoms with Gasteiger partial charge in [0.05, 0.1) is 26.9 Å². The molecule has 5 nitrogen and oxygen atoms in total. The second-order valence-electron chi connectivity index (χ2n) is 6.25. The molecule has 136 valence electrons. The van der Waals surface area contributed by atoms with E-state index >= 15 is 0 Å². The predicted octanol–water partition coefficient (Wildman–Crippen LogP) is 2.84. The average molecular weight is 344 g/mol. The number of benzene rings is 1. The molecule has 0 atom stereocenters. The lowest BCUT2D eigenvalue weighted by molar-refractivity contribution is 0.0374. The van der Waals surface area contributed by atoms with Gasteiger partial charge in [-0.3, -0.25) is 4.90 Å². The van der Waals surface area contributed by atoms with Gasteiger partial charge in [-0.2, -0.15) is 0 Å². The molecule has 1 fully saturated rings. The monoisotopic (exact) mass is 344 g/mol. The lowest BCUT2D eigenvalue weighted by Gasteiger charge is -2.26. The first kappa shape index (κ1) is 17.8. The zero-order valence-corrected chi connectivity index (χ0v) is 15.0. The average Bonchev–Trinajstić information content (AvgIpc) is 3.10. The number of rotatable bonds is 9. The van der Waals surface area contributed by atoms with Gasteiger partial charge in [0.15, 0.2) is 11.5 Å². The van der Waals surface area contributed by atoms with Crippen LogP contribution in [-0.2, 0) is 17.7 Å². The van der Waals surface area contributed by atoms with Crippen LogP contribution in [0.15, 0.2) is 42.6 Å². The van der Waals surface area contributed by atoms with Gasteiger partial charge in [0.25, 0.3) is 0 Å². The fraction of sp³-hybridized carbons (Fsp3) is 0.500. The molecule has 0 spiro atoms. The fourth-order valence-electron chi connectivity index (χ4n) is 3.20. The Bertz CT molecular complexity index is 635. The van der Waals surface area contributed by atoms with Gasteiger partial charge in [0, 0.05) is 25.0 Å². The first-order valence-electron chi connectivity index (χ1n) is 9.07. The zero-order chi connectivity index (χ0) is 17.3. The lowest BCUT2D eigenvalue weighted by Crippen LogP contribution is -2.37. The van der Waals surface area contributed by atoms with Gasteiger partial charge < -0.3 is 18.8 Å². The molecule has 2 heterocycles. The van der Waals surface area contributed by atoms with Gasteiger partial charge in [-0.1, -0.05) is 12.1 Å². The largest absolute Gasteiger partial charge is 0.493 e. The summed E-state index contributed by atoms with van der Waals surface area (Å²) in [5.74, 6) is 1.58. The summed E-state index contributed by atoms with van der Waals surface area (Å²) in [6.45, 7) is 6.49. The summed E-state index contributed by atoms with van der Waals surface area (Å²) >= 11 is 0. The Kier molecular flexibility index (Phi) is 6.77. The van der Waals surface area contributed by atoms with Crippen LogP contribution in [0.4, 0.5) is 0 Å². The number of para-hydroxylation sites is 2. The lowest BCUT2D eigenvalue weighted by atomic mass is 10.2. The van der Waals surface area contributed by atoms with Crippen LogP contribution >= 0.6 is 0 Å². The van der Waals surface area contributed by atoms with Crippen LogP contribution in [0.3, 0.4) is 0 Å². The fourth-order valence-corrected chi connectivity index (χ4v) is 3.20. The van der Waals surface area contributed by atoms with Crippen LogP contribution in [0.5, 0.6) is 11.5 Å². The normalized spacial score (nSPS) is 15.2. The van der Waals surface area contributed by atoms with Crippen LogP contribution in [0.2, 0.25) is 0 Å². The number of methoxy groups -OCH3 is 1. The Morgan fingerprint density at radius 2 is 1.80 bits per heavy atom. The zero-order valence-electron chi connectivity index (χ0n) is 15.0. The van der Waals surface area contributed by atoms with Gasteiger partial charge in [0.1, 0.15) is 6.61 Å². The summed E-state index contributed by atoms with van der Waals surface area (Å²) < 4.78 is 18.9. The third-order valence-corrected chi connectivity index (χ3v) is 4.59. The van der Waals surface area contributed by atoms with Crippen LogP contribution in [-0.4, -0.2) is 56.0 Å². The Labute approximate surface area is 150 Å². The van der Waals surface area contributed by atoms with E-state index in [4.69, 9.17) is 14.2 Å². The van der Waals surface area contributed by atoms with Gasteiger partial charge in [-0.05, 0) is 43.7 Å². The summed E-state index contributed by atoms with van der Waals surface area (Å²) in [4.78, 5) is 2.49. The minimum Gasteiger partial charge on any atom is -0.493 e. The van der Waals surface area contributed by atoms with E-state index < -0.39 is 0 Å². The molecular weight excluding hydrogens is 316 g/mol. The molecule has 3 rings (SSSR count). The summed E-state index contributed by atoms with van der Waals surface area (Å²) in [6.07, 6.45) is 4.41. The van der Waals surface area contributed by atoms with Crippen molar-refractivity contribution in [1.29, 1.82) is 0 Å². The van der Waals surface area contributed by atoms with E-state index in [9.17, 15) is 0 Å². The van der Waals surface area contributed by atoms with Crippen LogP contribution in [0.25, 0.3) is 0 Å². The van der Waals surface area contributed by atoms with E-state index in [1.807, 2.05) is 24.3 Å². The van der Waals surface area contributed by atoms with Crippen molar-refractivity contribution >= 4 is 0 Å². The molecule has 1 aromatic heterocycles. The molecule has 1 aromatic carbocycles. The van der Waals surface area contributed by atoms with E-state index in [2.05, 4.69) is 27.8 Å². The molecule has 5 heteroatoms. The molecule has 0 amide bonds. The van der Waals surface area contributed by atoms with Gasteiger partial charge >= 0.3 is 0 Å². The van der Waals surface area contributed by atoms with E-state index in [0.717, 1.165) is 57.3 Å². The molecule has 0 N–H and O–H groups in total. The van der Waals surface area contributed by atoms with Crippen molar-refractivity contribution in [3.05, 3.63) is 48.3 Å². The summed E-state index contributed by atoms with van der Waals surface area (Å²) in [6, 6.07) is 12.1. The van der Waals surface area contributed by atoms with Crippen LogP contribution < -0.4 is 9.47 Å². The highest BCUT2D eigenvalue weighted by Crippen LogP contribution is 2.25. The second-order valence-corrected chi connectivity index (χ2v) is 6.25. The van der Waals surface area contributed by atoms with E-state index in [-0.39, 0.29) is 0 Å². The molecule has 1 aliphatic heterocycles. The van der Waals surface area contributed by atoms with Crippen LogP contribution in [0, 0.1) is 0 Å². The van der Waals surface area contributed by atoms with Gasteiger partial charge in [0.2, 0.25) is 0 Å². The predicted molar refractivity (Wildman–Crippen MR) is 98.5 cm³/mol. The molecular formula is C20H28N2O3. The first-order valence-corrected chi connectivity index (χ1v) is 9.07. The van der Waals surface area contributed by atoms with Crippen molar-refractivity contribution in [2.75, 3.05) is 46.6 Å². The Hall–Kier alpha value is -1.98. The maximum Gasteiger partial charge on any atom is 0.161 e. The number of ether oxygens (including phenoxy) is 3. The Balaban J connectivity index is 1.43. The maximum absolute atomic E-state index is 5.89. The number of aryl methyl sites for hydroxylation is 1. The van der Waals surface area contributed by atoms with E-state index in [0.29, 0.717) is 6.61 Å². The molecule has 0 radical (unpaired) electrons. The Morgan fingerprint density at radius 1 is 1.00 bits per heavy atom. The Morgan fingerprint density at radius 3 is 2.60 bits per heavy atom. The molecule has 2 aromatic rings. The van der Waals surface area contributed by atoms with Crippen molar-refractivity contribution in [3.8, 4) is 11.5 Å². The van der Waals surface area contributed by atoms with Crippen LogP contribution in [0.1, 0.15) is 12.1 Å². The molecule has 25 heavy (non-hydrogen) atoms. The second kappa shape index (κ2) is 9.49. The maximum atomic E-state index is 5.89. The molecule has 0 unspecified atom stereocenters. The number of nitrogens with zero attached hydrogens (tertiary/aromatic N) is 2. The van der Waals surface area contributed by atoms with Crippen molar-refractivity contribution in [2.45, 2.75) is 19.4 Å². The first-order chi connectivity index (χ1) is 12.4. The van der Waals surface area contributed by atoms with Crippen molar-refractivity contribution < 1.29 is 14.2 Å². The number of aromatic nitrogens is 1. The molecule has 1 aliphatic rings. The summed E-state index contributed by atoms with van der Waals surface area (Å²) in [7, 11) is 1.67.